The van der Waals surface area contributed by atoms with Gasteiger partial charge in [-0.25, -0.2) is 4.39 Å². The highest BCUT2D eigenvalue weighted by Crippen LogP contribution is 2.17. The molecular formula is C16H21FN2O2S. The van der Waals surface area contributed by atoms with E-state index in [1.807, 2.05) is 11.2 Å². The lowest BCUT2D eigenvalue weighted by Gasteiger charge is -2.32. The number of likely N-dealkylation sites (tertiary alicyclic amines) is 1. The first-order valence-electron chi connectivity index (χ1n) is 7.40. The molecule has 1 fully saturated rings. The third kappa shape index (κ3) is 4.73. The van der Waals surface area contributed by atoms with Crippen molar-refractivity contribution in [2.75, 3.05) is 31.6 Å². The predicted octanol–water partition coefficient (Wildman–Crippen LogP) is 2.16. The molecule has 0 bridgehead atoms. The quantitative estimate of drug-likeness (QED) is 0.903. The Morgan fingerprint density at radius 1 is 1.36 bits per heavy atom. The molecule has 1 aliphatic rings. The zero-order chi connectivity index (χ0) is 15.9. The molecule has 0 spiro atoms. The largest absolute Gasteiger partial charge is 0.352 e. The number of carbonyl (C=O) groups is 2. The molecule has 0 aliphatic carbocycles. The van der Waals surface area contributed by atoms with Crippen molar-refractivity contribution >= 4 is 23.6 Å². The first kappa shape index (κ1) is 16.8. The highest BCUT2D eigenvalue weighted by atomic mass is 32.2. The van der Waals surface area contributed by atoms with E-state index in [1.54, 1.807) is 0 Å². The molecule has 1 aromatic rings. The number of piperidine rings is 1. The van der Waals surface area contributed by atoms with Crippen LogP contribution < -0.4 is 5.32 Å². The Morgan fingerprint density at radius 2 is 2.09 bits per heavy atom. The van der Waals surface area contributed by atoms with E-state index in [0.717, 1.165) is 19.4 Å². The predicted molar refractivity (Wildman–Crippen MR) is 86.4 cm³/mol. The van der Waals surface area contributed by atoms with Crippen molar-refractivity contribution in [2.45, 2.75) is 12.8 Å². The van der Waals surface area contributed by atoms with E-state index in [0.29, 0.717) is 24.4 Å². The monoisotopic (exact) mass is 324 g/mol. The van der Waals surface area contributed by atoms with Crippen LogP contribution >= 0.6 is 11.8 Å². The van der Waals surface area contributed by atoms with Crippen LogP contribution in [0.5, 0.6) is 0 Å². The molecule has 1 N–H and O–H groups in total. The van der Waals surface area contributed by atoms with Crippen LogP contribution in [-0.2, 0) is 4.79 Å². The van der Waals surface area contributed by atoms with Crippen LogP contribution in [0.4, 0.5) is 4.39 Å². The summed E-state index contributed by atoms with van der Waals surface area (Å²) in [4.78, 5) is 25.8. The lowest BCUT2D eigenvalue weighted by atomic mass is 9.98. The maximum atomic E-state index is 12.8. The zero-order valence-corrected chi connectivity index (χ0v) is 13.5. The van der Waals surface area contributed by atoms with Gasteiger partial charge in [0.1, 0.15) is 5.82 Å². The fourth-order valence-corrected chi connectivity index (χ4v) is 3.04. The van der Waals surface area contributed by atoms with Crippen molar-refractivity contribution in [3.63, 3.8) is 0 Å². The first-order chi connectivity index (χ1) is 10.6. The Labute approximate surface area is 134 Å². The van der Waals surface area contributed by atoms with Gasteiger partial charge in [-0.15, -0.1) is 0 Å². The van der Waals surface area contributed by atoms with Gasteiger partial charge in [-0.3, -0.25) is 9.59 Å². The summed E-state index contributed by atoms with van der Waals surface area (Å²) in [6, 6.07) is 5.50. The average molecular weight is 324 g/mol. The number of nitrogens with one attached hydrogen (secondary N) is 1. The van der Waals surface area contributed by atoms with Gasteiger partial charge in [-0.05, 0) is 49.3 Å². The zero-order valence-electron chi connectivity index (χ0n) is 12.7. The number of hydrogen-bond donors (Lipinski definition) is 1. The van der Waals surface area contributed by atoms with Gasteiger partial charge in [-0.1, -0.05) is 0 Å². The third-order valence-electron chi connectivity index (χ3n) is 3.80. The minimum atomic E-state index is -0.355. The number of benzene rings is 1. The van der Waals surface area contributed by atoms with Gasteiger partial charge in [0, 0.05) is 25.2 Å². The molecule has 1 heterocycles. The van der Waals surface area contributed by atoms with Gasteiger partial charge >= 0.3 is 0 Å². The molecule has 0 saturated carbocycles. The molecule has 1 atom stereocenters. The van der Waals surface area contributed by atoms with Gasteiger partial charge in [0.15, 0.2) is 0 Å². The molecule has 1 saturated heterocycles. The number of hydrogen-bond acceptors (Lipinski definition) is 3. The Morgan fingerprint density at radius 3 is 2.77 bits per heavy atom. The van der Waals surface area contributed by atoms with Crippen molar-refractivity contribution < 1.29 is 14.0 Å². The van der Waals surface area contributed by atoms with Crippen LogP contribution in [0.2, 0.25) is 0 Å². The van der Waals surface area contributed by atoms with E-state index in [-0.39, 0.29) is 23.5 Å². The van der Waals surface area contributed by atoms with Crippen molar-refractivity contribution in [3.8, 4) is 0 Å². The van der Waals surface area contributed by atoms with Gasteiger partial charge < -0.3 is 10.2 Å². The second-order valence-corrected chi connectivity index (χ2v) is 6.36. The number of thioether (sulfide) groups is 1. The van der Waals surface area contributed by atoms with Crippen molar-refractivity contribution in [1.82, 2.24) is 10.2 Å². The normalized spacial score (nSPS) is 18.1. The second kappa shape index (κ2) is 8.17. The highest BCUT2D eigenvalue weighted by molar-refractivity contribution is 7.99. The standard InChI is InChI=1S/C16H21FN2O2S/c1-22-11-15(20)19-8-2-3-12(10-19)9-18-16(21)13-4-6-14(17)7-5-13/h4-7,12H,2-3,8-11H2,1H3,(H,18,21)/t12-/m1/s1. The molecule has 120 valence electrons. The smallest absolute Gasteiger partial charge is 0.251 e. The summed E-state index contributed by atoms with van der Waals surface area (Å²) in [6.07, 6.45) is 3.90. The van der Waals surface area contributed by atoms with Crippen molar-refractivity contribution in [1.29, 1.82) is 0 Å². The SMILES string of the molecule is CSCC(=O)N1CCC[C@H](CNC(=O)c2ccc(F)cc2)C1. The van der Waals surface area contributed by atoms with Gasteiger partial charge in [-0.2, -0.15) is 11.8 Å². The van der Waals surface area contributed by atoms with E-state index in [1.165, 1.54) is 36.0 Å². The lowest BCUT2D eigenvalue weighted by Crippen LogP contribution is -2.44. The Balaban J connectivity index is 1.82. The van der Waals surface area contributed by atoms with Gasteiger partial charge in [0.25, 0.3) is 5.91 Å². The minimum Gasteiger partial charge on any atom is -0.352 e. The van der Waals surface area contributed by atoms with Crippen LogP contribution in [0.3, 0.4) is 0 Å². The van der Waals surface area contributed by atoms with Gasteiger partial charge in [0.2, 0.25) is 5.91 Å². The summed E-state index contributed by atoms with van der Waals surface area (Å²) >= 11 is 1.53. The molecule has 22 heavy (non-hydrogen) atoms. The molecule has 4 nitrogen and oxygen atoms in total. The molecular weight excluding hydrogens is 303 g/mol. The summed E-state index contributed by atoms with van der Waals surface area (Å²) in [5.41, 5.74) is 0.451. The van der Waals surface area contributed by atoms with Crippen LogP contribution in [0, 0.1) is 11.7 Å². The van der Waals surface area contributed by atoms with E-state index >= 15 is 0 Å². The summed E-state index contributed by atoms with van der Waals surface area (Å²) in [6.45, 7) is 2.05. The first-order valence-corrected chi connectivity index (χ1v) is 8.80. The van der Waals surface area contributed by atoms with Gasteiger partial charge in [0.05, 0.1) is 5.75 Å². The fraction of sp³-hybridized carbons (Fsp3) is 0.500. The highest BCUT2D eigenvalue weighted by Gasteiger charge is 2.23. The second-order valence-electron chi connectivity index (χ2n) is 5.50. The Bertz CT molecular complexity index is 521. The van der Waals surface area contributed by atoms with Crippen molar-refractivity contribution in [2.24, 2.45) is 5.92 Å². The molecule has 0 radical (unpaired) electrons. The Kier molecular flexibility index (Phi) is 6.24. The number of halogens is 1. The molecule has 0 unspecified atom stereocenters. The summed E-state index contributed by atoms with van der Waals surface area (Å²) in [5, 5.41) is 2.88. The topological polar surface area (TPSA) is 49.4 Å². The van der Waals surface area contributed by atoms with Crippen molar-refractivity contribution in [3.05, 3.63) is 35.6 Å². The molecule has 2 amide bonds. The average Bonchev–Trinajstić information content (AvgIpc) is 2.54. The Hall–Kier alpha value is -1.56. The lowest BCUT2D eigenvalue weighted by molar-refractivity contribution is -0.130. The molecule has 0 aromatic heterocycles. The maximum absolute atomic E-state index is 12.8. The van der Waals surface area contributed by atoms with E-state index in [4.69, 9.17) is 0 Å². The summed E-state index contributed by atoms with van der Waals surface area (Å²) < 4.78 is 12.8. The number of nitrogens with zero attached hydrogens (tertiary/aromatic N) is 1. The maximum Gasteiger partial charge on any atom is 0.251 e. The third-order valence-corrected chi connectivity index (χ3v) is 4.33. The summed E-state index contributed by atoms with van der Waals surface area (Å²) in [7, 11) is 0. The van der Waals surface area contributed by atoms with E-state index in [2.05, 4.69) is 5.32 Å². The molecule has 6 heteroatoms. The minimum absolute atomic E-state index is 0.169. The van der Waals surface area contributed by atoms with Crippen LogP contribution in [0.1, 0.15) is 23.2 Å². The van der Waals surface area contributed by atoms with E-state index < -0.39 is 0 Å². The van der Waals surface area contributed by atoms with Crippen LogP contribution in [0.15, 0.2) is 24.3 Å². The van der Waals surface area contributed by atoms with Crippen LogP contribution in [-0.4, -0.2) is 48.4 Å². The van der Waals surface area contributed by atoms with E-state index in [9.17, 15) is 14.0 Å². The number of rotatable bonds is 5. The molecule has 1 aliphatic heterocycles. The number of carbonyl (C=O) groups excluding carboxylic acids is 2. The fourth-order valence-electron chi connectivity index (χ4n) is 2.61. The summed E-state index contributed by atoms with van der Waals surface area (Å²) in [5.74, 6) is 0.402. The van der Waals surface area contributed by atoms with Crippen LogP contribution in [0.25, 0.3) is 0 Å². The molecule has 2 rings (SSSR count). The molecule has 1 aromatic carbocycles. The number of amides is 2.